The number of aromatic nitrogens is 4. The van der Waals surface area contributed by atoms with E-state index in [0.717, 1.165) is 54.3 Å². The first-order valence-corrected chi connectivity index (χ1v) is 9.94. The van der Waals surface area contributed by atoms with Crippen LogP contribution in [0.4, 0.5) is 5.82 Å². The van der Waals surface area contributed by atoms with Gasteiger partial charge in [-0.3, -0.25) is 0 Å². The van der Waals surface area contributed by atoms with Crippen LogP contribution in [0.5, 0.6) is 0 Å². The second-order valence-corrected chi connectivity index (χ2v) is 7.72. The number of fused-ring (bicyclic) bond motifs is 1. The standard InChI is InChI=1S/C21H28N6O/c1-14-9-21-24-12-19(16(3)27(21)25-14)15(2)23-11-17-6-7-22-20(10-17)26-8-4-5-18(28)13-26/h6-7,9-10,12,15,18,23,28H,4-5,8,11,13H2,1-3H3. The molecule has 1 aliphatic rings. The number of aliphatic hydroxyl groups is 1. The minimum Gasteiger partial charge on any atom is -0.391 e. The van der Waals surface area contributed by atoms with Crippen LogP contribution in [0, 0.1) is 13.8 Å². The predicted octanol–water partition coefficient (Wildman–Crippen LogP) is 2.55. The molecule has 1 aliphatic heterocycles. The third kappa shape index (κ3) is 3.86. The second-order valence-electron chi connectivity index (χ2n) is 7.72. The lowest BCUT2D eigenvalue weighted by Crippen LogP contribution is -2.38. The molecule has 2 atom stereocenters. The van der Waals surface area contributed by atoms with Gasteiger partial charge in [0.2, 0.25) is 0 Å². The molecule has 3 aromatic heterocycles. The molecule has 0 bridgehead atoms. The van der Waals surface area contributed by atoms with Crippen molar-refractivity contribution in [3.8, 4) is 0 Å². The van der Waals surface area contributed by atoms with Crippen LogP contribution in [0.15, 0.2) is 30.6 Å². The van der Waals surface area contributed by atoms with E-state index in [2.05, 4.69) is 45.2 Å². The lowest BCUT2D eigenvalue weighted by Gasteiger charge is -2.31. The third-order valence-electron chi connectivity index (χ3n) is 5.49. The SMILES string of the molecule is Cc1cc2ncc(C(C)NCc3ccnc(N4CCCC(O)C4)c3)c(C)n2n1. The first-order chi connectivity index (χ1) is 13.5. The van der Waals surface area contributed by atoms with Crippen molar-refractivity contribution in [2.45, 2.75) is 52.3 Å². The van der Waals surface area contributed by atoms with Gasteiger partial charge < -0.3 is 15.3 Å². The van der Waals surface area contributed by atoms with E-state index in [-0.39, 0.29) is 12.1 Å². The Labute approximate surface area is 165 Å². The zero-order valence-corrected chi connectivity index (χ0v) is 16.8. The number of pyridine rings is 1. The minimum absolute atomic E-state index is 0.148. The second kappa shape index (κ2) is 7.85. The van der Waals surface area contributed by atoms with Gasteiger partial charge in [0.25, 0.3) is 0 Å². The van der Waals surface area contributed by atoms with Gasteiger partial charge in [0.1, 0.15) is 5.82 Å². The number of β-amino-alcohol motifs (C(OH)–C–C–N with tert-alkyl or cyclic N) is 1. The molecule has 0 saturated carbocycles. The van der Waals surface area contributed by atoms with Gasteiger partial charge in [0.05, 0.1) is 11.8 Å². The van der Waals surface area contributed by atoms with Crippen molar-refractivity contribution in [3.05, 3.63) is 53.1 Å². The highest BCUT2D eigenvalue weighted by Gasteiger charge is 2.19. The normalized spacial score (nSPS) is 18.6. The summed E-state index contributed by atoms with van der Waals surface area (Å²) < 4.78 is 1.91. The van der Waals surface area contributed by atoms with Crippen molar-refractivity contribution in [1.29, 1.82) is 0 Å². The van der Waals surface area contributed by atoms with Gasteiger partial charge in [-0.05, 0) is 51.3 Å². The van der Waals surface area contributed by atoms with E-state index >= 15 is 0 Å². The van der Waals surface area contributed by atoms with Gasteiger partial charge in [-0.1, -0.05) is 0 Å². The van der Waals surface area contributed by atoms with Crippen molar-refractivity contribution in [3.63, 3.8) is 0 Å². The van der Waals surface area contributed by atoms with Gasteiger partial charge in [-0.15, -0.1) is 0 Å². The molecule has 7 heteroatoms. The van der Waals surface area contributed by atoms with Crippen LogP contribution in [-0.4, -0.2) is 43.9 Å². The minimum atomic E-state index is -0.256. The van der Waals surface area contributed by atoms with Crippen molar-refractivity contribution in [2.24, 2.45) is 0 Å². The zero-order chi connectivity index (χ0) is 19.7. The van der Waals surface area contributed by atoms with Crippen LogP contribution in [0.25, 0.3) is 5.65 Å². The molecule has 4 heterocycles. The number of nitrogens with one attached hydrogen (secondary N) is 1. The van der Waals surface area contributed by atoms with Gasteiger partial charge in [-0.25, -0.2) is 14.5 Å². The first-order valence-electron chi connectivity index (χ1n) is 9.94. The van der Waals surface area contributed by atoms with E-state index in [1.165, 1.54) is 5.56 Å². The maximum absolute atomic E-state index is 9.92. The summed E-state index contributed by atoms with van der Waals surface area (Å²) >= 11 is 0. The average molecular weight is 380 g/mol. The van der Waals surface area contributed by atoms with Crippen LogP contribution >= 0.6 is 0 Å². The Morgan fingerprint density at radius 2 is 2.14 bits per heavy atom. The van der Waals surface area contributed by atoms with Crippen LogP contribution in [0.3, 0.4) is 0 Å². The molecule has 3 aromatic rings. The summed E-state index contributed by atoms with van der Waals surface area (Å²) in [6, 6.07) is 6.29. The number of piperidine rings is 1. The fourth-order valence-corrected chi connectivity index (χ4v) is 3.89. The molecular weight excluding hydrogens is 352 g/mol. The Balaban J connectivity index is 1.46. The average Bonchev–Trinajstić information content (AvgIpc) is 3.08. The Kier molecular flexibility index (Phi) is 5.28. The highest BCUT2D eigenvalue weighted by Crippen LogP contribution is 2.21. The molecule has 28 heavy (non-hydrogen) atoms. The van der Waals surface area contributed by atoms with E-state index in [1.54, 1.807) is 0 Å². The monoisotopic (exact) mass is 380 g/mol. The Bertz CT molecular complexity index is 969. The molecule has 2 unspecified atom stereocenters. The summed E-state index contributed by atoms with van der Waals surface area (Å²) in [6.45, 7) is 8.57. The first kappa shape index (κ1) is 18.8. The summed E-state index contributed by atoms with van der Waals surface area (Å²) in [6.07, 6.45) is 5.42. The molecule has 1 saturated heterocycles. The lowest BCUT2D eigenvalue weighted by atomic mass is 10.1. The molecule has 0 spiro atoms. The Morgan fingerprint density at radius 1 is 1.29 bits per heavy atom. The number of rotatable bonds is 5. The van der Waals surface area contributed by atoms with Gasteiger partial charge in [-0.2, -0.15) is 5.10 Å². The predicted molar refractivity (Wildman–Crippen MR) is 109 cm³/mol. The molecule has 0 aromatic carbocycles. The smallest absolute Gasteiger partial charge is 0.155 e. The summed E-state index contributed by atoms with van der Waals surface area (Å²) in [5.41, 5.74) is 5.28. The highest BCUT2D eigenvalue weighted by atomic mass is 16.3. The molecule has 0 aliphatic carbocycles. The maximum atomic E-state index is 9.92. The Morgan fingerprint density at radius 3 is 2.96 bits per heavy atom. The number of aliphatic hydroxyl groups excluding tert-OH is 1. The van der Waals surface area contributed by atoms with Crippen LogP contribution in [0.1, 0.15) is 48.3 Å². The fourth-order valence-electron chi connectivity index (χ4n) is 3.89. The van der Waals surface area contributed by atoms with E-state index in [9.17, 15) is 5.11 Å². The molecule has 2 N–H and O–H groups in total. The summed E-state index contributed by atoms with van der Waals surface area (Å²) in [7, 11) is 0. The van der Waals surface area contributed by atoms with E-state index in [0.29, 0.717) is 6.54 Å². The fraction of sp³-hybridized carbons (Fsp3) is 0.476. The van der Waals surface area contributed by atoms with Crippen molar-refractivity contribution < 1.29 is 5.11 Å². The van der Waals surface area contributed by atoms with Gasteiger partial charge in [0, 0.05) is 55.4 Å². The molecular formula is C21H28N6O. The number of hydrogen-bond donors (Lipinski definition) is 2. The summed E-state index contributed by atoms with van der Waals surface area (Å²) in [4.78, 5) is 11.2. The molecule has 0 amide bonds. The van der Waals surface area contributed by atoms with E-state index in [4.69, 9.17) is 0 Å². The van der Waals surface area contributed by atoms with Crippen molar-refractivity contribution >= 4 is 11.5 Å². The summed E-state index contributed by atoms with van der Waals surface area (Å²) in [5, 5.41) is 18.0. The van der Waals surface area contributed by atoms with Crippen LogP contribution in [-0.2, 0) is 6.54 Å². The third-order valence-corrected chi connectivity index (χ3v) is 5.49. The largest absolute Gasteiger partial charge is 0.391 e. The quantitative estimate of drug-likeness (QED) is 0.708. The van der Waals surface area contributed by atoms with Crippen LogP contribution < -0.4 is 10.2 Å². The Hall–Kier alpha value is -2.51. The van der Waals surface area contributed by atoms with Crippen LogP contribution in [0.2, 0.25) is 0 Å². The number of hydrogen-bond acceptors (Lipinski definition) is 6. The topological polar surface area (TPSA) is 78.6 Å². The van der Waals surface area contributed by atoms with Crippen molar-refractivity contribution in [1.82, 2.24) is 24.9 Å². The number of anilines is 1. The van der Waals surface area contributed by atoms with Crippen molar-refractivity contribution in [2.75, 3.05) is 18.0 Å². The molecule has 0 radical (unpaired) electrons. The zero-order valence-electron chi connectivity index (χ0n) is 16.8. The van der Waals surface area contributed by atoms with E-state index in [1.807, 2.05) is 36.0 Å². The highest BCUT2D eigenvalue weighted by molar-refractivity contribution is 5.43. The van der Waals surface area contributed by atoms with Gasteiger partial charge in [0.15, 0.2) is 5.65 Å². The number of nitrogens with zero attached hydrogens (tertiary/aromatic N) is 5. The molecule has 7 nitrogen and oxygen atoms in total. The molecule has 1 fully saturated rings. The van der Waals surface area contributed by atoms with E-state index < -0.39 is 0 Å². The van der Waals surface area contributed by atoms with Gasteiger partial charge >= 0.3 is 0 Å². The lowest BCUT2D eigenvalue weighted by molar-refractivity contribution is 0.154. The maximum Gasteiger partial charge on any atom is 0.155 e. The molecule has 148 valence electrons. The number of aryl methyl sites for hydroxylation is 2. The summed E-state index contributed by atoms with van der Waals surface area (Å²) in [5.74, 6) is 0.942. The molecule has 4 rings (SSSR count).